The topological polar surface area (TPSA) is 96.5 Å². The van der Waals surface area contributed by atoms with E-state index in [1.165, 1.54) is 22.0 Å². The van der Waals surface area contributed by atoms with Gasteiger partial charge in [0.1, 0.15) is 17.0 Å². The van der Waals surface area contributed by atoms with Gasteiger partial charge < -0.3 is 13.9 Å². The molecule has 0 saturated heterocycles. The molecule has 8 nitrogen and oxygen atoms in total. The molecule has 0 aliphatic carbocycles. The van der Waals surface area contributed by atoms with Gasteiger partial charge in [0.05, 0.1) is 29.9 Å². The lowest BCUT2D eigenvalue weighted by atomic mass is 10.2. The summed E-state index contributed by atoms with van der Waals surface area (Å²) in [6.45, 7) is 1.96. The monoisotopic (exact) mass is 541 g/mol. The van der Waals surface area contributed by atoms with Crippen molar-refractivity contribution in [2.45, 2.75) is 13.5 Å². The molecule has 0 saturated carbocycles. The minimum atomic E-state index is -0.534. The number of halogens is 1. The Balaban J connectivity index is 1.75. The molecule has 2 heterocycles. The van der Waals surface area contributed by atoms with Crippen molar-refractivity contribution in [3.63, 3.8) is 0 Å². The van der Waals surface area contributed by atoms with Crippen LogP contribution in [-0.4, -0.2) is 34.5 Å². The Hall–Kier alpha value is -3.50. The molecule has 0 amide bonds. The second kappa shape index (κ2) is 10.6. The van der Waals surface area contributed by atoms with Crippen molar-refractivity contribution in [1.82, 2.24) is 14.8 Å². The first-order valence-corrected chi connectivity index (χ1v) is 11.9. The Morgan fingerprint density at radius 3 is 2.65 bits per heavy atom. The van der Waals surface area contributed by atoms with Crippen molar-refractivity contribution in [3.8, 4) is 17.2 Å². The lowest BCUT2D eigenvalue weighted by Crippen LogP contribution is -2.32. The Kier molecular flexibility index (Phi) is 7.39. The van der Waals surface area contributed by atoms with E-state index in [-0.39, 0.29) is 24.6 Å². The maximum atomic E-state index is 13.2. The molecule has 4 aromatic rings. The number of carbonyl (C=O) groups excluding carboxylic acids is 1. The van der Waals surface area contributed by atoms with Gasteiger partial charge in [0.25, 0.3) is 5.56 Å². The second-order valence-electron chi connectivity index (χ2n) is 6.99. The molecule has 0 unspecified atom stereocenters. The van der Waals surface area contributed by atoms with Gasteiger partial charge in [0, 0.05) is 4.47 Å². The Bertz CT molecular complexity index is 1490. The van der Waals surface area contributed by atoms with Crippen LogP contribution < -0.4 is 19.5 Å². The zero-order valence-electron chi connectivity index (χ0n) is 18.4. The summed E-state index contributed by atoms with van der Waals surface area (Å²) in [7, 11) is 1.59. The van der Waals surface area contributed by atoms with Gasteiger partial charge in [-0.15, -0.1) is 21.5 Å². The van der Waals surface area contributed by atoms with Crippen LogP contribution in [0.1, 0.15) is 18.4 Å². The van der Waals surface area contributed by atoms with Crippen molar-refractivity contribution in [2.24, 2.45) is 0 Å². The van der Waals surface area contributed by atoms with Gasteiger partial charge in [-0.05, 0) is 58.8 Å². The van der Waals surface area contributed by atoms with Crippen LogP contribution in [0.3, 0.4) is 0 Å². The van der Waals surface area contributed by atoms with Gasteiger partial charge in [0.15, 0.2) is 0 Å². The van der Waals surface area contributed by atoms with Gasteiger partial charge in [-0.25, -0.2) is 4.79 Å². The smallest absolute Gasteiger partial charge is 0.333 e. The van der Waals surface area contributed by atoms with E-state index in [4.69, 9.17) is 13.9 Å². The lowest BCUT2D eigenvalue weighted by molar-refractivity contribution is -0.135. The lowest BCUT2D eigenvalue weighted by Gasteiger charge is -1.99. The van der Waals surface area contributed by atoms with Crippen molar-refractivity contribution in [1.29, 1.82) is 0 Å². The van der Waals surface area contributed by atoms with Crippen LogP contribution in [0, 0.1) is 0 Å². The number of nitrogens with zero attached hydrogens (tertiary/aromatic N) is 3. The van der Waals surface area contributed by atoms with Crippen molar-refractivity contribution in [2.75, 3.05) is 13.7 Å². The molecule has 0 aliphatic heterocycles. The average Bonchev–Trinajstić information content (AvgIpc) is 3.41. The minimum Gasteiger partial charge on any atom is -0.497 e. The van der Waals surface area contributed by atoms with E-state index in [0.29, 0.717) is 20.8 Å². The fourth-order valence-corrected chi connectivity index (χ4v) is 4.61. The van der Waals surface area contributed by atoms with Crippen LogP contribution in [0.25, 0.3) is 23.6 Å². The minimum absolute atomic E-state index is 0.00841. The number of hydrogen-bond donors (Lipinski definition) is 0. The molecule has 0 fully saturated rings. The summed E-state index contributed by atoms with van der Waals surface area (Å²) >= 11 is 4.65. The summed E-state index contributed by atoms with van der Waals surface area (Å²) in [5, 5.41) is 8.20. The molecule has 34 heavy (non-hydrogen) atoms. The molecule has 0 aliphatic rings. The van der Waals surface area contributed by atoms with E-state index in [9.17, 15) is 9.59 Å². The number of ether oxygens (including phenoxy) is 2. The standard InChI is InChI=1S/C24H20BrN3O5S/c1-3-32-22(29)13-21-28(14-20-26-27-23(33-20)17-6-4-5-7-18(17)25)24(30)19(34-21)12-15-8-10-16(31-2)11-9-15/h4-13H,3,14H2,1-2H3/b19-12-,21-13?. The van der Waals surface area contributed by atoms with Crippen molar-refractivity contribution >= 4 is 45.4 Å². The summed E-state index contributed by atoms with van der Waals surface area (Å²) in [5.74, 6) is 0.745. The maximum absolute atomic E-state index is 13.2. The highest BCUT2D eigenvalue weighted by molar-refractivity contribution is 9.10. The first kappa shape index (κ1) is 23.7. The Morgan fingerprint density at radius 2 is 1.94 bits per heavy atom. The van der Waals surface area contributed by atoms with E-state index in [1.807, 2.05) is 48.5 Å². The summed E-state index contributed by atoms with van der Waals surface area (Å²) in [6.07, 6.45) is 3.05. The number of methoxy groups -OCH3 is 1. The summed E-state index contributed by atoms with van der Waals surface area (Å²) in [6, 6.07) is 14.8. The van der Waals surface area contributed by atoms with Gasteiger partial charge in [-0.2, -0.15) is 0 Å². The largest absolute Gasteiger partial charge is 0.497 e. The van der Waals surface area contributed by atoms with Crippen molar-refractivity contribution < 1.29 is 18.7 Å². The van der Waals surface area contributed by atoms with Crippen LogP contribution >= 0.6 is 27.3 Å². The van der Waals surface area contributed by atoms with E-state index in [2.05, 4.69) is 26.1 Å². The second-order valence-corrected chi connectivity index (χ2v) is 8.91. The van der Waals surface area contributed by atoms with E-state index in [1.54, 1.807) is 20.1 Å². The summed E-state index contributed by atoms with van der Waals surface area (Å²) < 4.78 is 19.1. The fourth-order valence-electron chi connectivity index (χ4n) is 3.13. The summed E-state index contributed by atoms with van der Waals surface area (Å²) in [4.78, 5) is 25.4. The zero-order chi connectivity index (χ0) is 24.1. The molecule has 2 aromatic heterocycles. The van der Waals surface area contributed by atoms with E-state index in [0.717, 1.165) is 15.6 Å². The third kappa shape index (κ3) is 5.35. The van der Waals surface area contributed by atoms with Gasteiger partial charge in [-0.1, -0.05) is 24.3 Å². The predicted molar refractivity (Wildman–Crippen MR) is 132 cm³/mol. The molecule has 0 N–H and O–H groups in total. The average molecular weight is 542 g/mol. The first-order valence-electron chi connectivity index (χ1n) is 10.3. The number of carbonyl (C=O) groups is 1. The van der Waals surface area contributed by atoms with E-state index < -0.39 is 5.97 Å². The van der Waals surface area contributed by atoms with Crippen LogP contribution in [0.5, 0.6) is 5.75 Å². The number of rotatable bonds is 7. The number of esters is 1. The van der Waals surface area contributed by atoms with Crippen LogP contribution in [0.15, 0.2) is 62.2 Å². The molecule has 0 spiro atoms. The number of aromatic nitrogens is 3. The third-order valence-corrected chi connectivity index (χ3v) is 6.49. The summed E-state index contributed by atoms with van der Waals surface area (Å²) in [5.41, 5.74) is 1.28. The zero-order valence-corrected chi connectivity index (χ0v) is 20.8. The highest BCUT2D eigenvalue weighted by Gasteiger charge is 2.14. The van der Waals surface area contributed by atoms with Gasteiger partial charge in [-0.3, -0.25) is 9.36 Å². The highest BCUT2D eigenvalue weighted by atomic mass is 79.9. The van der Waals surface area contributed by atoms with Crippen LogP contribution in [0.4, 0.5) is 0 Å². The van der Waals surface area contributed by atoms with Gasteiger partial charge in [0.2, 0.25) is 11.8 Å². The molecule has 10 heteroatoms. The van der Waals surface area contributed by atoms with Gasteiger partial charge >= 0.3 is 5.97 Å². The molecular weight excluding hydrogens is 522 g/mol. The maximum Gasteiger partial charge on any atom is 0.333 e. The quantitative estimate of drug-likeness (QED) is 0.332. The number of benzene rings is 2. The SMILES string of the molecule is CCOC(=O)C=c1s/c(=C\c2ccc(OC)cc2)c(=O)n1Cc1nnc(-c2ccccc2Br)o1. The molecule has 0 bridgehead atoms. The van der Waals surface area contributed by atoms with Crippen LogP contribution in [0.2, 0.25) is 0 Å². The fraction of sp³-hybridized carbons (Fsp3) is 0.167. The molecule has 0 radical (unpaired) electrons. The third-order valence-electron chi connectivity index (χ3n) is 4.74. The highest BCUT2D eigenvalue weighted by Crippen LogP contribution is 2.26. The number of thiazole rings is 1. The van der Waals surface area contributed by atoms with E-state index >= 15 is 0 Å². The molecule has 174 valence electrons. The normalized spacial score (nSPS) is 12.2. The first-order chi connectivity index (χ1) is 16.5. The predicted octanol–water partition coefficient (Wildman–Crippen LogP) is 2.95. The van der Waals surface area contributed by atoms with Crippen LogP contribution in [-0.2, 0) is 16.1 Å². The number of hydrogen-bond acceptors (Lipinski definition) is 8. The Labute approximate surface area is 206 Å². The van der Waals surface area contributed by atoms with Crippen molar-refractivity contribution in [3.05, 3.63) is 84.0 Å². The molecule has 4 rings (SSSR count). The molecule has 2 aromatic carbocycles. The molecule has 0 atom stereocenters. The molecular formula is C24H20BrN3O5S. The Morgan fingerprint density at radius 1 is 1.18 bits per heavy atom.